The summed E-state index contributed by atoms with van der Waals surface area (Å²) in [6.45, 7) is 5.55. The van der Waals surface area contributed by atoms with Crippen LogP contribution in [0.5, 0.6) is 0 Å². The monoisotopic (exact) mass is 282 g/mol. The number of benzene rings is 1. The van der Waals surface area contributed by atoms with E-state index in [1.807, 2.05) is 44.2 Å². The van der Waals surface area contributed by atoms with Crippen LogP contribution in [0.3, 0.4) is 0 Å². The highest BCUT2D eigenvalue weighted by Gasteiger charge is 2.25. The fourth-order valence-corrected chi connectivity index (χ4v) is 1.65. The second-order valence-corrected chi connectivity index (χ2v) is 5.98. The Morgan fingerprint density at radius 1 is 1.21 bits per heavy atom. The van der Waals surface area contributed by atoms with Crippen LogP contribution in [0.2, 0.25) is 0 Å². The number of carbonyl (C=O) groups is 1. The molecule has 0 spiro atoms. The van der Waals surface area contributed by atoms with Gasteiger partial charge >= 0.3 is 5.97 Å². The lowest BCUT2D eigenvalue weighted by Gasteiger charge is -2.21. The van der Waals surface area contributed by atoms with Crippen LogP contribution in [0.1, 0.15) is 39.2 Å². The van der Waals surface area contributed by atoms with E-state index in [1.165, 1.54) is 0 Å². The zero-order valence-corrected chi connectivity index (χ0v) is 12.2. The van der Waals surface area contributed by atoms with Gasteiger partial charge in [0.1, 0.15) is 5.54 Å². The molecule has 104 valence electrons. The molecule has 0 saturated carbocycles. The smallest absolute Gasteiger partial charge is 0.303 e. The quantitative estimate of drug-likeness (QED) is 0.483. The molecule has 0 aliphatic carbocycles. The number of aliphatic carboxylic acids is 1. The molecule has 1 rings (SSSR count). The Morgan fingerprint density at radius 3 is 2.32 bits per heavy atom. The molecular weight excluding hydrogens is 264 g/mol. The van der Waals surface area contributed by atoms with Crippen molar-refractivity contribution in [1.29, 1.82) is 0 Å². The van der Waals surface area contributed by atoms with Gasteiger partial charge in [0.25, 0.3) is 0 Å². The molecule has 0 aromatic heterocycles. The minimum absolute atomic E-state index is 0.0230. The Hall–Kier alpha value is -1.42. The van der Waals surface area contributed by atoms with Crippen LogP contribution in [0.4, 0.5) is 0 Å². The Bertz CT molecular complexity index is 456. The number of azo groups is 1. The van der Waals surface area contributed by atoms with Gasteiger partial charge in [0, 0.05) is 6.42 Å². The van der Waals surface area contributed by atoms with E-state index in [0.29, 0.717) is 0 Å². The molecular formula is C14H19ClN2O2. The van der Waals surface area contributed by atoms with Crippen LogP contribution in [0, 0.1) is 0 Å². The molecule has 1 atom stereocenters. The highest BCUT2D eigenvalue weighted by Crippen LogP contribution is 2.29. The van der Waals surface area contributed by atoms with Gasteiger partial charge in [-0.05, 0) is 32.8 Å². The molecule has 0 bridgehead atoms. The number of nitrogens with zero attached hydrogens (tertiary/aromatic N) is 2. The fraction of sp³-hybridized carbons (Fsp3) is 0.500. The van der Waals surface area contributed by atoms with Crippen molar-refractivity contribution in [1.82, 2.24) is 0 Å². The first-order valence-corrected chi connectivity index (χ1v) is 6.51. The molecule has 0 saturated heterocycles. The molecule has 19 heavy (non-hydrogen) atoms. The third-order valence-corrected chi connectivity index (χ3v) is 3.05. The first-order valence-electron chi connectivity index (χ1n) is 6.13. The Labute approximate surface area is 118 Å². The lowest BCUT2D eigenvalue weighted by molar-refractivity contribution is -0.137. The van der Waals surface area contributed by atoms with Crippen molar-refractivity contribution < 1.29 is 9.90 Å². The maximum absolute atomic E-state index is 10.5. The maximum atomic E-state index is 10.5. The van der Waals surface area contributed by atoms with E-state index in [-0.39, 0.29) is 12.8 Å². The van der Waals surface area contributed by atoms with Crippen LogP contribution in [-0.2, 0) is 10.3 Å². The topological polar surface area (TPSA) is 62.0 Å². The summed E-state index contributed by atoms with van der Waals surface area (Å²) in [6.07, 6.45) is 0.225. The van der Waals surface area contributed by atoms with E-state index in [4.69, 9.17) is 16.7 Å². The lowest BCUT2D eigenvalue weighted by atomic mass is 9.96. The van der Waals surface area contributed by atoms with Crippen molar-refractivity contribution >= 4 is 17.6 Å². The number of alkyl halides is 1. The number of carboxylic acid groups (broad SMARTS) is 1. The van der Waals surface area contributed by atoms with Crippen molar-refractivity contribution in [3.05, 3.63) is 35.9 Å². The van der Waals surface area contributed by atoms with Gasteiger partial charge in [0.2, 0.25) is 0 Å². The summed E-state index contributed by atoms with van der Waals surface area (Å²) in [7, 11) is 0. The molecule has 0 radical (unpaired) electrons. The minimum Gasteiger partial charge on any atom is -0.481 e. The van der Waals surface area contributed by atoms with Crippen molar-refractivity contribution in [2.45, 2.75) is 44.1 Å². The van der Waals surface area contributed by atoms with E-state index >= 15 is 0 Å². The SMILES string of the molecule is CC(Cl)(CCC(=O)O)N=NC(C)(C)c1ccccc1. The van der Waals surface area contributed by atoms with Gasteiger partial charge in [-0.15, -0.1) is 0 Å². The van der Waals surface area contributed by atoms with Gasteiger partial charge in [0.05, 0.1) is 0 Å². The Kier molecular flexibility index (Phi) is 5.06. The van der Waals surface area contributed by atoms with Gasteiger partial charge in [-0.1, -0.05) is 41.9 Å². The normalized spacial score (nSPS) is 15.4. The van der Waals surface area contributed by atoms with E-state index < -0.39 is 16.5 Å². The molecule has 0 amide bonds. The molecule has 0 aliphatic rings. The number of hydrogen-bond acceptors (Lipinski definition) is 3. The molecule has 1 aromatic rings. The van der Waals surface area contributed by atoms with Crippen LogP contribution < -0.4 is 0 Å². The highest BCUT2D eigenvalue weighted by molar-refractivity contribution is 6.23. The van der Waals surface area contributed by atoms with Crippen molar-refractivity contribution in [2.24, 2.45) is 10.2 Å². The summed E-state index contributed by atoms with van der Waals surface area (Å²) in [6, 6.07) is 9.77. The van der Waals surface area contributed by atoms with E-state index in [0.717, 1.165) is 5.56 Å². The molecule has 1 unspecified atom stereocenters. The summed E-state index contributed by atoms with van der Waals surface area (Å²) in [4.78, 5) is 9.56. The van der Waals surface area contributed by atoms with Crippen LogP contribution in [0.25, 0.3) is 0 Å². The first kappa shape index (κ1) is 15.6. The average Bonchev–Trinajstić information content (AvgIpc) is 2.36. The molecule has 1 N–H and O–H groups in total. The third-order valence-electron chi connectivity index (χ3n) is 2.78. The standard InChI is InChI=1S/C14H19ClN2O2/c1-13(2,11-7-5-4-6-8-11)16-17-14(3,15)10-9-12(18)19/h4-8H,9-10H2,1-3H3,(H,18,19). The maximum Gasteiger partial charge on any atom is 0.303 e. The summed E-state index contributed by atoms with van der Waals surface area (Å²) in [5, 5.41) is 17.0. The third kappa shape index (κ3) is 5.39. The largest absolute Gasteiger partial charge is 0.481 e. The predicted octanol–water partition coefficient (Wildman–Crippen LogP) is 4.19. The Morgan fingerprint density at radius 2 is 1.79 bits per heavy atom. The second kappa shape index (κ2) is 6.15. The molecule has 0 fully saturated rings. The fourth-order valence-electron chi connectivity index (χ4n) is 1.52. The average molecular weight is 283 g/mol. The molecule has 0 heterocycles. The zero-order valence-electron chi connectivity index (χ0n) is 11.4. The summed E-state index contributed by atoms with van der Waals surface area (Å²) in [5.74, 6) is -0.885. The summed E-state index contributed by atoms with van der Waals surface area (Å²) >= 11 is 6.15. The first-order chi connectivity index (χ1) is 8.73. The van der Waals surface area contributed by atoms with Crippen molar-refractivity contribution in [3.63, 3.8) is 0 Å². The molecule has 0 aliphatic heterocycles. The minimum atomic E-state index is -0.982. The van der Waals surface area contributed by atoms with E-state index in [9.17, 15) is 4.79 Å². The van der Waals surface area contributed by atoms with Gasteiger partial charge in [-0.2, -0.15) is 10.2 Å². The Balaban J connectivity index is 2.76. The highest BCUT2D eigenvalue weighted by atomic mass is 35.5. The van der Waals surface area contributed by atoms with Gasteiger partial charge < -0.3 is 5.11 Å². The van der Waals surface area contributed by atoms with Gasteiger partial charge in [0.15, 0.2) is 5.00 Å². The zero-order chi connectivity index (χ0) is 14.5. The van der Waals surface area contributed by atoms with Crippen molar-refractivity contribution in [2.75, 3.05) is 0 Å². The van der Waals surface area contributed by atoms with E-state index in [1.54, 1.807) is 6.92 Å². The number of hydrogen-bond donors (Lipinski definition) is 1. The number of rotatable bonds is 6. The van der Waals surface area contributed by atoms with Crippen molar-refractivity contribution in [3.8, 4) is 0 Å². The van der Waals surface area contributed by atoms with Crippen LogP contribution in [0.15, 0.2) is 40.6 Å². The summed E-state index contributed by atoms with van der Waals surface area (Å²) < 4.78 is 0. The number of halogens is 1. The van der Waals surface area contributed by atoms with Gasteiger partial charge in [-0.3, -0.25) is 4.79 Å². The van der Waals surface area contributed by atoms with Crippen LogP contribution >= 0.6 is 11.6 Å². The van der Waals surface area contributed by atoms with E-state index in [2.05, 4.69) is 10.2 Å². The van der Waals surface area contributed by atoms with Gasteiger partial charge in [-0.25, -0.2) is 0 Å². The molecule has 4 nitrogen and oxygen atoms in total. The molecule has 5 heteroatoms. The van der Waals surface area contributed by atoms with Crippen LogP contribution in [-0.4, -0.2) is 16.1 Å². The second-order valence-electron chi connectivity index (χ2n) is 5.16. The lowest BCUT2D eigenvalue weighted by Crippen LogP contribution is -2.18. The predicted molar refractivity (Wildman–Crippen MR) is 75.5 cm³/mol. The number of carboxylic acids is 1. The molecule has 1 aromatic carbocycles. The summed E-state index contributed by atoms with van der Waals surface area (Å²) in [5.41, 5.74) is 0.546.